The van der Waals surface area contributed by atoms with Gasteiger partial charge in [0.15, 0.2) is 0 Å². The van der Waals surface area contributed by atoms with Gasteiger partial charge in [-0.2, -0.15) is 5.10 Å². The van der Waals surface area contributed by atoms with Crippen molar-refractivity contribution in [1.29, 1.82) is 0 Å². The lowest BCUT2D eigenvalue weighted by Crippen LogP contribution is -2.24. The van der Waals surface area contributed by atoms with Gasteiger partial charge in [-0.05, 0) is 29.0 Å². The van der Waals surface area contributed by atoms with Crippen LogP contribution in [0.1, 0.15) is 19.2 Å². The smallest absolute Gasteiger partial charge is 0.267 e. The summed E-state index contributed by atoms with van der Waals surface area (Å²) in [5.41, 5.74) is -0.0494. The van der Waals surface area contributed by atoms with Crippen LogP contribution < -0.4 is 5.56 Å². The van der Waals surface area contributed by atoms with Gasteiger partial charge in [0.1, 0.15) is 12.2 Å². The molecule has 17 heavy (non-hydrogen) atoms. The average Bonchev–Trinajstić information content (AvgIpc) is 2.73. The van der Waals surface area contributed by atoms with Gasteiger partial charge in [-0.25, -0.2) is 14.6 Å². The number of aryl methyl sites for hydroxylation is 1. The fourth-order valence-corrected chi connectivity index (χ4v) is 1.97. The van der Waals surface area contributed by atoms with Crippen LogP contribution in [-0.4, -0.2) is 24.3 Å². The van der Waals surface area contributed by atoms with Crippen LogP contribution in [0.25, 0.3) is 0 Å². The molecule has 0 amide bonds. The Labute approximate surface area is 112 Å². The van der Waals surface area contributed by atoms with E-state index in [1.807, 2.05) is 27.3 Å². The van der Waals surface area contributed by atoms with E-state index in [0.717, 1.165) is 18.8 Å². The van der Waals surface area contributed by atoms with Crippen LogP contribution in [0.2, 0.25) is 0 Å². The Balaban J connectivity index is 2.28. The van der Waals surface area contributed by atoms with Crippen molar-refractivity contribution in [1.82, 2.24) is 24.3 Å². The zero-order valence-electron chi connectivity index (χ0n) is 9.38. The summed E-state index contributed by atoms with van der Waals surface area (Å²) in [5, 5.41) is 4.12. The van der Waals surface area contributed by atoms with E-state index in [9.17, 15) is 4.79 Å². The molecule has 0 aliphatic rings. The second kappa shape index (κ2) is 5.39. The number of rotatable bonds is 4. The van der Waals surface area contributed by atoms with Gasteiger partial charge in [-0.15, -0.1) is 0 Å². The van der Waals surface area contributed by atoms with Crippen LogP contribution in [0.3, 0.4) is 0 Å². The molecule has 2 rings (SSSR count). The molecule has 7 heteroatoms. The minimum Gasteiger partial charge on any atom is -0.291 e. The molecule has 0 aromatic carbocycles. The first-order valence-corrected chi connectivity index (χ1v) is 6.37. The third kappa shape index (κ3) is 2.71. The molecule has 0 atom stereocenters. The summed E-state index contributed by atoms with van der Waals surface area (Å²) in [7, 11) is 0. The lowest BCUT2D eigenvalue weighted by molar-refractivity contribution is 0.547. The van der Waals surface area contributed by atoms with Gasteiger partial charge in [0.05, 0.1) is 16.4 Å². The lowest BCUT2D eigenvalue weighted by atomic mass is 10.4. The summed E-state index contributed by atoms with van der Waals surface area (Å²) in [5.74, 6) is 0.776. The standard InChI is InChI=1S/C10H12IN5O/c1-2-3-16-9(13-6-14-16)5-15-7-12-4-8(11)10(15)17/h4,6-7H,2-3,5H2,1H3. The largest absolute Gasteiger partial charge is 0.291 e. The van der Waals surface area contributed by atoms with Crippen molar-refractivity contribution in [3.05, 3.63) is 38.6 Å². The van der Waals surface area contributed by atoms with Crippen LogP contribution in [0.5, 0.6) is 0 Å². The van der Waals surface area contributed by atoms with Gasteiger partial charge in [0.2, 0.25) is 0 Å². The molecule has 2 heterocycles. The first-order valence-electron chi connectivity index (χ1n) is 5.29. The second-order valence-corrected chi connectivity index (χ2v) is 4.74. The van der Waals surface area contributed by atoms with E-state index in [1.54, 1.807) is 6.20 Å². The number of halogens is 1. The van der Waals surface area contributed by atoms with Gasteiger partial charge in [0.25, 0.3) is 5.56 Å². The summed E-state index contributed by atoms with van der Waals surface area (Å²) >= 11 is 1.98. The van der Waals surface area contributed by atoms with Crippen molar-refractivity contribution in [3.63, 3.8) is 0 Å². The number of nitrogens with zero attached hydrogens (tertiary/aromatic N) is 5. The van der Waals surface area contributed by atoms with E-state index in [-0.39, 0.29) is 5.56 Å². The molecule has 6 nitrogen and oxygen atoms in total. The molecule has 0 saturated carbocycles. The molecule has 90 valence electrons. The summed E-state index contributed by atoms with van der Waals surface area (Å²) in [4.78, 5) is 20.0. The molecule has 2 aromatic heterocycles. The van der Waals surface area contributed by atoms with Crippen LogP contribution in [0, 0.1) is 3.57 Å². The molecular formula is C10H12IN5O. The molecule has 0 aliphatic heterocycles. The molecule has 0 bridgehead atoms. The van der Waals surface area contributed by atoms with E-state index in [4.69, 9.17) is 0 Å². The summed E-state index contributed by atoms with van der Waals surface area (Å²) in [6.45, 7) is 3.29. The molecule has 0 aliphatic carbocycles. The maximum Gasteiger partial charge on any atom is 0.267 e. The van der Waals surface area contributed by atoms with Crippen molar-refractivity contribution < 1.29 is 0 Å². The summed E-state index contributed by atoms with van der Waals surface area (Å²) in [6.07, 6.45) is 5.57. The molecule has 0 unspecified atom stereocenters. The fourth-order valence-electron chi connectivity index (χ4n) is 1.50. The first kappa shape index (κ1) is 12.2. The maximum absolute atomic E-state index is 11.8. The van der Waals surface area contributed by atoms with Gasteiger partial charge in [-0.1, -0.05) is 6.92 Å². The Bertz CT molecular complexity index is 562. The molecule has 0 N–H and O–H groups in total. The van der Waals surface area contributed by atoms with E-state index in [1.165, 1.54) is 17.2 Å². The van der Waals surface area contributed by atoms with Crippen LogP contribution in [-0.2, 0) is 13.1 Å². The highest BCUT2D eigenvalue weighted by Gasteiger charge is 2.07. The van der Waals surface area contributed by atoms with Gasteiger partial charge >= 0.3 is 0 Å². The molecular weight excluding hydrogens is 333 g/mol. The second-order valence-electron chi connectivity index (χ2n) is 3.57. The van der Waals surface area contributed by atoms with Crippen LogP contribution in [0.15, 0.2) is 23.6 Å². The maximum atomic E-state index is 11.8. The lowest BCUT2D eigenvalue weighted by Gasteiger charge is -2.06. The van der Waals surface area contributed by atoms with E-state index in [2.05, 4.69) is 22.0 Å². The highest BCUT2D eigenvalue weighted by atomic mass is 127. The molecule has 0 spiro atoms. The van der Waals surface area contributed by atoms with Gasteiger partial charge in [0, 0.05) is 12.7 Å². The topological polar surface area (TPSA) is 65.6 Å². The summed E-state index contributed by atoms with van der Waals surface area (Å²) < 4.78 is 3.95. The highest BCUT2D eigenvalue weighted by molar-refractivity contribution is 14.1. The minimum absolute atomic E-state index is 0.0494. The highest BCUT2D eigenvalue weighted by Crippen LogP contribution is 1.99. The van der Waals surface area contributed by atoms with Gasteiger partial charge in [-0.3, -0.25) is 9.36 Å². The average molecular weight is 345 g/mol. The number of hydrogen-bond donors (Lipinski definition) is 0. The third-order valence-electron chi connectivity index (χ3n) is 2.30. The predicted molar refractivity (Wildman–Crippen MR) is 70.6 cm³/mol. The summed E-state index contributed by atoms with van der Waals surface area (Å²) in [6, 6.07) is 0. The van der Waals surface area contributed by atoms with E-state index in [0.29, 0.717) is 10.1 Å². The normalized spacial score (nSPS) is 10.7. The van der Waals surface area contributed by atoms with Crippen LogP contribution in [0.4, 0.5) is 0 Å². The molecule has 0 radical (unpaired) electrons. The Hall–Kier alpha value is -1.25. The zero-order valence-corrected chi connectivity index (χ0v) is 11.5. The van der Waals surface area contributed by atoms with Crippen molar-refractivity contribution in [2.45, 2.75) is 26.4 Å². The van der Waals surface area contributed by atoms with E-state index < -0.39 is 0 Å². The minimum atomic E-state index is -0.0494. The number of aromatic nitrogens is 5. The molecule has 2 aromatic rings. The fraction of sp³-hybridized carbons (Fsp3) is 0.400. The van der Waals surface area contributed by atoms with Crippen molar-refractivity contribution in [2.75, 3.05) is 0 Å². The third-order valence-corrected chi connectivity index (χ3v) is 3.04. The Kier molecular flexibility index (Phi) is 3.87. The Morgan fingerprint density at radius 2 is 2.29 bits per heavy atom. The first-order chi connectivity index (χ1) is 8.22. The zero-order chi connectivity index (χ0) is 12.3. The Morgan fingerprint density at radius 3 is 3.06 bits per heavy atom. The van der Waals surface area contributed by atoms with Crippen molar-refractivity contribution in [3.8, 4) is 0 Å². The van der Waals surface area contributed by atoms with Crippen LogP contribution >= 0.6 is 22.6 Å². The predicted octanol–water partition coefficient (Wildman–Crippen LogP) is 0.898. The molecule has 0 fully saturated rings. The monoisotopic (exact) mass is 345 g/mol. The SMILES string of the molecule is CCCn1ncnc1Cn1cncc(I)c1=O. The van der Waals surface area contributed by atoms with Gasteiger partial charge < -0.3 is 0 Å². The number of hydrogen-bond acceptors (Lipinski definition) is 4. The van der Waals surface area contributed by atoms with E-state index >= 15 is 0 Å². The van der Waals surface area contributed by atoms with Crippen molar-refractivity contribution >= 4 is 22.6 Å². The Morgan fingerprint density at radius 1 is 1.47 bits per heavy atom. The van der Waals surface area contributed by atoms with Crippen molar-refractivity contribution in [2.24, 2.45) is 0 Å². The quantitative estimate of drug-likeness (QED) is 0.773. The molecule has 0 saturated heterocycles.